The number of benzene rings is 1. The summed E-state index contributed by atoms with van der Waals surface area (Å²) in [6.45, 7) is 2.24. The first-order chi connectivity index (χ1) is 12.9. The summed E-state index contributed by atoms with van der Waals surface area (Å²) >= 11 is 0. The van der Waals surface area contributed by atoms with Crippen LogP contribution in [0.3, 0.4) is 0 Å². The summed E-state index contributed by atoms with van der Waals surface area (Å²) in [5, 5.41) is 14.1. The Morgan fingerprint density at radius 3 is 2.44 bits per heavy atom. The SMILES string of the molecule is CC1CCC(NC(=O)COC(=O)c2cc3c(cc2[N+](=O)[O-])OCCO3)CC1. The zero-order chi connectivity index (χ0) is 19.4. The highest BCUT2D eigenvalue weighted by Gasteiger charge is 2.28. The van der Waals surface area contributed by atoms with E-state index in [9.17, 15) is 19.7 Å². The lowest BCUT2D eigenvalue weighted by Gasteiger charge is -2.26. The molecule has 1 saturated carbocycles. The molecular weight excluding hydrogens is 356 g/mol. The molecule has 0 bridgehead atoms. The summed E-state index contributed by atoms with van der Waals surface area (Å²) in [5.74, 6) is -0.269. The summed E-state index contributed by atoms with van der Waals surface area (Å²) in [6.07, 6.45) is 3.89. The minimum atomic E-state index is -0.953. The van der Waals surface area contributed by atoms with Crippen LogP contribution in [0.25, 0.3) is 0 Å². The lowest BCUT2D eigenvalue weighted by Crippen LogP contribution is -2.39. The fraction of sp³-hybridized carbons (Fsp3) is 0.556. The number of nitro groups is 1. The zero-order valence-electron chi connectivity index (χ0n) is 15.1. The van der Waals surface area contributed by atoms with Gasteiger partial charge in [-0.25, -0.2) is 4.79 Å². The Labute approximate surface area is 156 Å². The topological polar surface area (TPSA) is 117 Å². The molecule has 9 nitrogen and oxygen atoms in total. The van der Waals surface area contributed by atoms with Crippen molar-refractivity contribution in [3.8, 4) is 11.5 Å². The average molecular weight is 378 g/mol. The van der Waals surface area contributed by atoms with Gasteiger partial charge in [-0.15, -0.1) is 0 Å². The van der Waals surface area contributed by atoms with Crippen LogP contribution >= 0.6 is 0 Å². The molecule has 146 valence electrons. The van der Waals surface area contributed by atoms with Gasteiger partial charge >= 0.3 is 5.97 Å². The summed E-state index contributed by atoms with van der Waals surface area (Å²) in [6, 6.07) is 2.43. The minimum Gasteiger partial charge on any atom is -0.486 e. The number of carbonyl (C=O) groups excluding carboxylic acids is 2. The molecule has 0 unspecified atom stereocenters. The molecule has 9 heteroatoms. The van der Waals surface area contributed by atoms with Gasteiger partial charge in [0.2, 0.25) is 0 Å². The van der Waals surface area contributed by atoms with Gasteiger partial charge in [-0.2, -0.15) is 0 Å². The smallest absolute Gasteiger partial charge is 0.345 e. The van der Waals surface area contributed by atoms with E-state index in [-0.39, 0.29) is 36.3 Å². The van der Waals surface area contributed by atoms with Crippen LogP contribution in [0.1, 0.15) is 43.0 Å². The third-order valence-corrected chi connectivity index (χ3v) is 4.79. The second kappa shape index (κ2) is 8.24. The van der Waals surface area contributed by atoms with E-state index < -0.39 is 29.1 Å². The Morgan fingerprint density at radius 2 is 1.81 bits per heavy atom. The number of nitrogens with zero attached hydrogens (tertiary/aromatic N) is 1. The molecular formula is C18H22N2O7. The van der Waals surface area contributed by atoms with Crippen LogP contribution in [-0.4, -0.2) is 42.7 Å². The van der Waals surface area contributed by atoms with Crippen LogP contribution in [0.5, 0.6) is 11.5 Å². The van der Waals surface area contributed by atoms with Crippen molar-refractivity contribution < 1.29 is 28.7 Å². The van der Waals surface area contributed by atoms with Crippen molar-refractivity contribution in [3.05, 3.63) is 27.8 Å². The van der Waals surface area contributed by atoms with E-state index in [0.29, 0.717) is 5.92 Å². The number of hydrogen-bond donors (Lipinski definition) is 1. The Bertz CT molecular complexity index is 741. The van der Waals surface area contributed by atoms with Gasteiger partial charge < -0.3 is 19.5 Å². The number of esters is 1. The molecule has 2 aliphatic rings. The monoisotopic (exact) mass is 378 g/mol. The van der Waals surface area contributed by atoms with E-state index in [1.54, 1.807) is 0 Å². The lowest BCUT2D eigenvalue weighted by atomic mass is 9.87. The van der Waals surface area contributed by atoms with Crippen LogP contribution in [0, 0.1) is 16.0 Å². The molecule has 1 aromatic rings. The highest BCUT2D eigenvalue weighted by molar-refractivity contribution is 5.96. The van der Waals surface area contributed by atoms with Gasteiger partial charge in [0.05, 0.1) is 11.0 Å². The number of nitro benzene ring substituents is 1. The van der Waals surface area contributed by atoms with Gasteiger partial charge in [-0.1, -0.05) is 6.92 Å². The first-order valence-corrected chi connectivity index (χ1v) is 8.98. The van der Waals surface area contributed by atoms with Crippen LogP contribution in [0.4, 0.5) is 5.69 Å². The normalized spacial score (nSPS) is 21.2. The maximum Gasteiger partial charge on any atom is 0.345 e. The van der Waals surface area contributed by atoms with Crippen molar-refractivity contribution >= 4 is 17.6 Å². The summed E-state index contributed by atoms with van der Waals surface area (Å²) in [5.41, 5.74) is -0.727. The molecule has 1 heterocycles. The molecule has 0 saturated heterocycles. The lowest BCUT2D eigenvalue weighted by molar-refractivity contribution is -0.385. The maximum absolute atomic E-state index is 12.3. The summed E-state index contributed by atoms with van der Waals surface area (Å²) < 4.78 is 15.6. The number of hydrogen-bond acceptors (Lipinski definition) is 7. The molecule has 0 aromatic heterocycles. The molecule has 0 spiro atoms. The number of ether oxygens (including phenoxy) is 3. The van der Waals surface area contributed by atoms with Gasteiger partial charge in [-0.3, -0.25) is 14.9 Å². The Balaban J connectivity index is 1.62. The van der Waals surface area contributed by atoms with E-state index in [2.05, 4.69) is 12.2 Å². The van der Waals surface area contributed by atoms with E-state index in [1.165, 1.54) is 6.07 Å². The first kappa shape index (κ1) is 18.9. The van der Waals surface area contributed by atoms with Crippen molar-refractivity contribution in [1.29, 1.82) is 0 Å². The number of rotatable bonds is 5. The number of fused-ring (bicyclic) bond motifs is 1. The van der Waals surface area contributed by atoms with Crippen LogP contribution < -0.4 is 14.8 Å². The third kappa shape index (κ3) is 4.66. The predicted octanol–water partition coefficient (Wildman–Crippen LogP) is 2.22. The van der Waals surface area contributed by atoms with Crippen molar-refractivity contribution in [2.24, 2.45) is 5.92 Å². The van der Waals surface area contributed by atoms with Gasteiger partial charge in [0.25, 0.3) is 11.6 Å². The van der Waals surface area contributed by atoms with Crippen molar-refractivity contribution in [3.63, 3.8) is 0 Å². The van der Waals surface area contributed by atoms with Gasteiger partial charge in [0.1, 0.15) is 18.8 Å². The quantitative estimate of drug-likeness (QED) is 0.474. The van der Waals surface area contributed by atoms with E-state index in [1.807, 2.05) is 0 Å². The Kier molecular flexibility index (Phi) is 5.78. The van der Waals surface area contributed by atoms with Crippen molar-refractivity contribution in [2.45, 2.75) is 38.6 Å². The molecule has 0 atom stereocenters. The van der Waals surface area contributed by atoms with Crippen molar-refractivity contribution in [1.82, 2.24) is 5.32 Å². The Morgan fingerprint density at radius 1 is 1.19 bits per heavy atom. The maximum atomic E-state index is 12.3. The molecule has 1 fully saturated rings. The fourth-order valence-electron chi connectivity index (χ4n) is 3.28. The standard InChI is InChI=1S/C18H22N2O7/c1-11-2-4-12(5-3-11)19-17(21)10-27-18(22)13-8-15-16(26-7-6-25-15)9-14(13)20(23)24/h8-9,11-12H,2-7,10H2,1H3,(H,19,21). The zero-order valence-corrected chi connectivity index (χ0v) is 15.1. The molecule has 1 aliphatic heterocycles. The molecule has 0 radical (unpaired) electrons. The van der Waals surface area contributed by atoms with Crippen LogP contribution in [0.15, 0.2) is 12.1 Å². The number of nitrogens with one attached hydrogen (secondary N) is 1. The molecule has 1 aliphatic carbocycles. The number of amides is 1. The van der Waals surface area contributed by atoms with Crippen LogP contribution in [0.2, 0.25) is 0 Å². The summed E-state index contributed by atoms with van der Waals surface area (Å²) in [4.78, 5) is 34.9. The van der Waals surface area contributed by atoms with Crippen LogP contribution in [-0.2, 0) is 9.53 Å². The third-order valence-electron chi connectivity index (χ3n) is 4.79. The molecule has 3 rings (SSSR count). The molecule has 1 amide bonds. The molecule has 1 N–H and O–H groups in total. The minimum absolute atomic E-state index is 0.0797. The first-order valence-electron chi connectivity index (χ1n) is 8.98. The van der Waals surface area contributed by atoms with Gasteiger partial charge in [-0.05, 0) is 31.6 Å². The van der Waals surface area contributed by atoms with Gasteiger partial charge in [0, 0.05) is 12.1 Å². The number of carbonyl (C=O) groups is 2. The van der Waals surface area contributed by atoms with Crippen molar-refractivity contribution in [2.75, 3.05) is 19.8 Å². The summed E-state index contributed by atoms with van der Waals surface area (Å²) in [7, 11) is 0. The highest BCUT2D eigenvalue weighted by Crippen LogP contribution is 2.36. The molecule has 27 heavy (non-hydrogen) atoms. The largest absolute Gasteiger partial charge is 0.486 e. The highest BCUT2D eigenvalue weighted by atomic mass is 16.6. The van der Waals surface area contributed by atoms with Gasteiger partial charge in [0.15, 0.2) is 18.1 Å². The Hall–Kier alpha value is -2.84. The predicted molar refractivity (Wildman–Crippen MR) is 93.9 cm³/mol. The van der Waals surface area contributed by atoms with E-state index in [0.717, 1.165) is 31.7 Å². The van der Waals surface area contributed by atoms with E-state index >= 15 is 0 Å². The molecule has 1 aromatic carbocycles. The fourth-order valence-corrected chi connectivity index (χ4v) is 3.28. The second-order valence-corrected chi connectivity index (χ2v) is 6.87. The average Bonchev–Trinajstić information content (AvgIpc) is 2.66. The van der Waals surface area contributed by atoms with E-state index in [4.69, 9.17) is 14.2 Å². The second-order valence-electron chi connectivity index (χ2n) is 6.87.